The SMILES string of the molecule is CC(=O)NC1CCN(C2CCNC[C@H]2CO)C1.Cl.Cl. The number of nitrogens with zero attached hydrogens (tertiary/aromatic N) is 1. The molecule has 0 aliphatic carbocycles. The normalized spacial score (nSPS) is 31.2. The lowest BCUT2D eigenvalue weighted by Crippen LogP contribution is -2.51. The Kier molecular flexibility index (Phi) is 8.94. The third-order valence-corrected chi connectivity index (χ3v) is 3.90. The van der Waals surface area contributed by atoms with Crippen LogP contribution in [0.3, 0.4) is 0 Å². The second-order valence-corrected chi connectivity index (χ2v) is 5.18. The van der Waals surface area contributed by atoms with Crippen molar-refractivity contribution in [2.75, 3.05) is 32.8 Å². The molecule has 2 saturated heterocycles. The lowest BCUT2D eigenvalue weighted by atomic mass is 9.93. The van der Waals surface area contributed by atoms with E-state index in [1.807, 2.05) is 0 Å². The predicted molar refractivity (Wildman–Crippen MR) is 80.1 cm³/mol. The van der Waals surface area contributed by atoms with Crippen LogP contribution in [0.5, 0.6) is 0 Å². The second kappa shape index (κ2) is 8.97. The Morgan fingerprint density at radius 3 is 2.79 bits per heavy atom. The van der Waals surface area contributed by atoms with Crippen LogP contribution in [-0.2, 0) is 4.79 Å². The smallest absolute Gasteiger partial charge is 0.217 e. The number of piperidine rings is 1. The fraction of sp³-hybridized carbons (Fsp3) is 0.917. The maximum Gasteiger partial charge on any atom is 0.217 e. The van der Waals surface area contributed by atoms with E-state index in [0.29, 0.717) is 18.0 Å². The lowest BCUT2D eigenvalue weighted by Gasteiger charge is -2.37. The van der Waals surface area contributed by atoms with Gasteiger partial charge in [0.15, 0.2) is 0 Å². The van der Waals surface area contributed by atoms with Gasteiger partial charge in [0, 0.05) is 51.2 Å². The summed E-state index contributed by atoms with van der Waals surface area (Å²) < 4.78 is 0. The van der Waals surface area contributed by atoms with E-state index in [2.05, 4.69) is 15.5 Å². The van der Waals surface area contributed by atoms with Gasteiger partial charge in [-0.25, -0.2) is 0 Å². The topological polar surface area (TPSA) is 64.6 Å². The monoisotopic (exact) mass is 313 g/mol. The molecule has 5 nitrogen and oxygen atoms in total. The standard InChI is InChI=1S/C12H23N3O2.2ClH/c1-9(17)14-11-3-5-15(7-11)12-2-4-13-6-10(12)8-16;;/h10-13,16H,2-8H2,1H3,(H,14,17);2*1H/t10-,11?,12?;;/m0../s1. The largest absolute Gasteiger partial charge is 0.396 e. The van der Waals surface area contributed by atoms with Crippen LogP contribution in [0.15, 0.2) is 0 Å². The molecule has 2 heterocycles. The van der Waals surface area contributed by atoms with Gasteiger partial charge in [-0.1, -0.05) is 0 Å². The van der Waals surface area contributed by atoms with Crippen LogP contribution in [0.1, 0.15) is 19.8 Å². The number of aliphatic hydroxyl groups excluding tert-OH is 1. The van der Waals surface area contributed by atoms with Crippen molar-refractivity contribution in [2.45, 2.75) is 31.8 Å². The summed E-state index contributed by atoms with van der Waals surface area (Å²) in [6.45, 7) is 5.72. The number of aliphatic hydroxyl groups is 1. The minimum atomic E-state index is 0. The van der Waals surface area contributed by atoms with Gasteiger partial charge in [0.1, 0.15) is 0 Å². The Balaban J connectivity index is 0.00000162. The van der Waals surface area contributed by atoms with Crippen molar-refractivity contribution in [3.63, 3.8) is 0 Å². The number of halogens is 2. The summed E-state index contributed by atoms with van der Waals surface area (Å²) in [5.41, 5.74) is 0. The molecule has 0 radical (unpaired) electrons. The van der Waals surface area contributed by atoms with Crippen molar-refractivity contribution in [3.8, 4) is 0 Å². The Morgan fingerprint density at radius 2 is 2.16 bits per heavy atom. The zero-order chi connectivity index (χ0) is 12.3. The average Bonchev–Trinajstić information content (AvgIpc) is 2.76. The second-order valence-electron chi connectivity index (χ2n) is 5.18. The Morgan fingerprint density at radius 1 is 1.42 bits per heavy atom. The first kappa shape index (κ1) is 18.9. The van der Waals surface area contributed by atoms with Crippen LogP contribution in [0, 0.1) is 5.92 Å². The van der Waals surface area contributed by atoms with Gasteiger partial charge in [-0.2, -0.15) is 0 Å². The minimum Gasteiger partial charge on any atom is -0.396 e. The van der Waals surface area contributed by atoms with Gasteiger partial charge in [0.2, 0.25) is 5.91 Å². The summed E-state index contributed by atoms with van der Waals surface area (Å²) in [5, 5.41) is 15.7. The van der Waals surface area contributed by atoms with Crippen LogP contribution in [0.25, 0.3) is 0 Å². The van der Waals surface area contributed by atoms with E-state index < -0.39 is 0 Å². The Hall–Kier alpha value is -0.0700. The molecule has 7 heteroatoms. The number of carbonyl (C=O) groups is 1. The van der Waals surface area contributed by atoms with Crippen LogP contribution >= 0.6 is 24.8 Å². The predicted octanol–water partition coefficient (Wildman–Crippen LogP) is 0.0108. The number of hydrogen-bond donors (Lipinski definition) is 3. The van der Waals surface area contributed by atoms with Gasteiger partial charge in [-0.3, -0.25) is 9.69 Å². The molecule has 2 aliphatic heterocycles. The third kappa shape index (κ3) is 5.08. The van der Waals surface area contributed by atoms with Crippen LogP contribution in [-0.4, -0.2) is 60.8 Å². The number of amides is 1. The quantitative estimate of drug-likeness (QED) is 0.687. The summed E-state index contributed by atoms with van der Waals surface area (Å²) in [7, 11) is 0. The summed E-state index contributed by atoms with van der Waals surface area (Å²) in [6, 6.07) is 0.765. The van der Waals surface area contributed by atoms with Crippen LogP contribution in [0.2, 0.25) is 0 Å². The first-order valence-corrected chi connectivity index (χ1v) is 6.53. The zero-order valence-electron chi connectivity index (χ0n) is 11.3. The summed E-state index contributed by atoms with van der Waals surface area (Å²) >= 11 is 0. The van der Waals surface area contributed by atoms with Crippen molar-refractivity contribution in [3.05, 3.63) is 0 Å². The Labute approximate surface area is 127 Å². The molecule has 3 N–H and O–H groups in total. The van der Waals surface area contributed by atoms with Crippen LogP contribution in [0.4, 0.5) is 0 Å². The highest BCUT2D eigenvalue weighted by Crippen LogP contribution is 2.22. The van der Waals surface area contributed by atoms with E-state index in [1.54, 1.807) is 6.92 Å². The van der Waals surface area contributed by atoms with Crippen molar-refractivity contribution >= 4 is 30.7 Å². The molecule has 0 aromatic rings. The van der Waals surface area contributed by atoms with Gasteiger partial charge in [-0.15, -0.1) is 24.8 Å². The molecular weight excluding hydrogens is 289 g/mol. The van der Waals surface area contributed by atoms with Gasteiger partial charge in [0.25, 0.3) is 0 Å². The molecular formula is C12H25Cl2N3O2. The fourth-order valence-electron chi connectivity index (χ4n) is 3.07. The van der Waals surface area contributed by atoms with Gasteiger partial charge in [-0.05, 0) is 19.4 Å². The van der Waals surface area contributed by atoms with Crippen molar-refractivity contribution in [1.29, 1.82) is 0 Å². The molecule has 0 aromatic heterocycles. The summed E-state index contributed by atoms with van der Waals surface area (Å²) in [4.78, 5) is 13.5. The molecule has 2 fully saturated rings. The third-order valence-electron chi connectivity index (χ3n) is 3.90. The van der Waals surface area contributed by atoms with Gasteiger partial charge < -0.3 is 15.7 Å². The van der Waals surface area contributed by atoms with Crippen molar-refractivity contribution in [2.24, 2.45) is 5.92 Å². The molecule has 2 unspecified atom stereocenters. The molecule has 1 amide bonds. The van der Waals surface area contributed by atoms with E-state index in [9.17, 15) is 9.90 Å². The zero-order valence-corrected chi connectivity index (χ0v) is 12.9. The number of rotatable bonds is 3. The Bertz CT molecular complexity index is 282. The molecule has 3 atom stereocenters. The molecule has 2 rings (SSSR count). The fourth-order valence-corrected chi connectivity index (χ4v) is 3.07. The highest BCUT2D eigenvalue weighted by molar-refractivity contribution is 5.85. The van der Waals surface area contributed by atoms with E-state index in [4.69, 9.17) is 0 Å². The van der Waals surface area contributed by atoms with E-state index in [0.717, 1.165) is 39.0 Å². The average molecular weight is 314 g/mol. The number of hydrogen-bond acceptors (Lipinski definition) is 4. The first-order chi connectivity index (χ1) is 8.20. The molecule has 0 saturated carbocycles. The highest BCUT2D eigenvalue weighted by Gasteiger charge is 2.34. The van der Waals surface area contributed by atoms with Crippen molar-refractivity contribution < 1.29 is 9.90 Å². The summed E-state index contributed by atoms with van der Waals surface area (Å²) in [5.74, 6) is 0.390. The molecule has 0 bridgehead atoms. The molecule has 114 valence electrons. The first-order valence-electron chi connectivity index (χ1n) is 6.53. The molecule has 0 spiro atoms. The van der Waals surface area contributed by atoms with Crippen molar-refractivity contribution in [1.82, 2.24) is 15.5 Å². The lowest BCUT2D eigenvalue weighted by molar-refractivity contribution is -0.119. The van der Waals surface area contributed by atoms with E-state index >= 15 is 0 Å². The van der Waals surface area contributed by atoms with E-state index in [1.165, 1.54) is 0 Å². The van der Waals surface area contributed by atoms with E-state index in [-0.39, 0.29) is 37.3 Å². The minimum absolute atomic E-state index is 0. The number of nitrogens with one attached hydrogen (secondary N) is 2. The number of carbonyl (C=O) groups excluding carboxylic acids is 1. The molecule has 0 aromatic carbocycles. The highest BCUT2D eigenvalue weighted by atomic mass is 35.5. The maximum atomic E-state index is 11.0. The van der Waals surface area contributed by atoms with Gasteiger partial charge in [0.05, 0.1) is 0 Å². The molecule has 2 aliphatic rings. The molecule has 19 heavy (non-hydrogen) atoms. The maximum absolute atomic E-state index is 11.0. The number of likely N-dealkylation sites (tertiary alicyclic amines) is 1. The van der Waals surface area contributed by atoms with Gasteiger partial charge >= 0.3 is 0 Å². The summed E-state index contributed by atoms with van der Waals surface area (Å²) in [6.07, 6.45) is 2.12. The van der Waals surface area contributed by atoms with Crippen LogP contribution < -0.4 is 10.6 Å².